The second-order valence-corrected chi connectivity index (χ2v) is 10.6. The molecule has 1 amide bonds. The Kier molecular flexibility index (Phi) is 5.76. The molecule has 180 valence electrons. The average Bonchev–Trinajstić information content (AvgIpc) is 3.42. The van der Waals surface area contributed by atoms with Gasteiger partial charge in [0.25, 0.3) is 0 Å². The number of nitrogens with one attached hydrogen (secondary N) is 1. The molecule has 0 spiro atoms. The Labute approximate surface area is 201 Å². The summed E-state index contributed by atoms with van der Waals surface area (Å²) >= 11 is 0. The fourth-order valence-electron chi connectivity index (χ4n) is 4.34. The third-order valence-corrected chi connectivity index (χ3v) is 7.14. The number of carbonyl (C=O) groups excluding carboxylic acids is 1. The molecular weight excluding hydrogens is 471 g/mol. The molecule has 0 aliphatic carbocycles. The fraction of sp³-hybridized carbons (Fsp3) is 0.240. The molecule has 1 aliphatic rings. The lowest BCUT2D eigenvalue weighted by Crippen LogP contribution is -2.29. The van der Waals surface area contributed by atoms with E-state index in [9.17, 15) is 17.6 Å². The van der Waals surface area contributed by atoms with Crippen molar-refractivity contribution in [3.63, 3.8) is 0 Å². The summed E-state index contributed by atoms with van der Waals surface area (Å²) in [6.07, 6.45) is 1.81. The van der Waals surface area contributed by atoms with E-state index in [2.05, 4.69) is 15.0 Å². The van der Waals surface area contributed by atoms with Crippen molar-refractivity contribution < 1.29 is 22.3 Å². The number of imidazole rings is 1. The first-order chi connectivity index (χ1) is 16.7. The van der Waals surface area contributed by atoms with Crippen LogP contribution in [0.5, 0.6) is 11.5 Å². The molecule has 1 fully saturated rings. The Morgan fingerprint density at radius 3 is 2.60 bits per heavy atom. The van der Waals surface area contributed by atoms with Gasteiger partial charge in [0.1, 0.15) is 23.4 Å². The minimum atomic E-state index is -3.35. The van der Waals surface area contributed by atoms with Gasteiger partial charge in [-0.05, 0) is 42.5 Å². The van der Waals surface area contributed by atoms with E-state index in [-0.39, 0.29) is 23.8 Å². The molecule has 1 N–H and O–H groups in total. The predicted octanol–water partition coefficient (Wildman–Crippen LogP) is 4.45. The van der Waals surface area contributed by atoms with Gasteiger partial charge in [-0.15, -0.1) is 0 Å². The Bertz CT molecular complexity index is 1500. The molecule has 3 heterocycles. The number of amides is 1. The highest BCUT2D eigenvalue weighted by atomic mass is 32.2. The molecule has 2 atom stereocenters. The third-order valence-electron chi connectivity index (χ3n) is 6.01. The molecule has 5 rings (SSSR count). The topological polar surface area (TPSA) is 105 Å². The molecule has 2 aromatic heterocycles. The number of hydrogen-bond donors (Lipinski definition) is 1. The number of sulfone groups is 1. The van der Waals surface area contributed by atoms with Gasteiger partial charge in [-0.25, -0.2) is 17.8 Å². The number of ether oxygens (including phenoxy) is 1. The van der Waals surface area contributed by atoms with Crippen molar-refractivity contribution in [3.8, 4) is 23.0 Å². The van der Waals surface area contributed by atoms with E-state index < -0.39 is 22.1 Å². The number of likely N-dealkylation sites (tertiary alicyclic amines) is 1. The molecule has 0 radical (unpaired) electrons. The molecule has 0 saturated carbocycles. The van der Waals surface area contributed by atoms with Crippen LogP contribution < -0.4 is 4.74 Å². The summed E-state index contributed by atoms with van der Waals surface area (Å²) in [7, 11) is -3.35. The first-order valence-electron chi connectivity index (χ1n) is 11.0. The highest BCUT2D eigenvalue weighted by Gasteiger charge is 2.37. The zero-order valence-corrected chi connectivity index (χ0v) is 19.9. The SMILES string of the molecule is CC(=O)N1C[C@@H](F)C[C@@H]1c1cc2[nH]c(-c3ccccn3)nc2cc1Oc1ccc(S(C)(=O)=O)cc1. The van der Waals surface area contributed by atoms with Crippen LogP contribution in [0.3, 0.4) is 0 Å². The first-order valence-corrected chi connectivity index (χ1v) is 12.9. The van der Waals surface area contributed by atoms with Gasteiger partial charge < -0.3 is 14.6 Å². The van der Waals surface area contributed by atoms with Gasteiger partial charge in [0.05, 0.1) is 28.5 Å². The van der Waals surface area contributed by atoms with E-state index >= 15 is 0 Å². The van der Waals surface area contributed by atoms with E-state index in [0.29, 0.717) is 39.6 Å². The van der Waals surface area contributed by atoms with E-state index in [0.717, 1.165) is 6.26 Å². The minimum Gasteiger partial charge on any atom is -0.457 e. The monoisotopic (exact) mass is 494 g/mol. The van der Waals surface area contributed by atoms with E-state index in [1.165, 1.54) is 24.0 Å². The van der Waals surface area contributed by atoms with Gasteiger partial charge in [0, 0.05) is 37.4 Å². The van der Waals surface area contributed by atoms with Crippen molar-refractivity contribution >= 4 is 26.8 Å². The number of carbonyl (C=O) groups is 1. The number of rotatable bonds is 5. The third kappa shape index (κ3) is 4.61. The van der Waals surface area contributed by atoms with Crippen LogP contribution >= 0.6 is 0 Å². The molecule has 2 aromatic carbocycles. The lowest BCUT2D eigenvalue weighted by atomic mass is 10.0. The molecule has 10 heteroatoms. The average molecular weight is 495 g/mol. The van der Waals surface area contributed by atoms with Crippen LogP contribution in [0.25, 0.3) is 22.6 Å². The standard InChI is InChI=1S/C25H23FN4O4S/c1-15(31)30-14-16(26)11-23(30)19-12-21-22(29-25(28-21)20-5-3-4-10-27-20)13-24(19)34-17-6-8-18(9-7-17)35(2,32)33/h3-10,12-13,16,23H,11,14H2,1-2H3,(H,28,29)/t16-,23+/m0/s1. The Morgan fingerprint density at radius 2 is 1.94 bits per heavy atom. The van der Waals surface area contributed by atoms with Gasteiger partial charge in [-0.3, -0.25) is 9.78 Å². The van der Waals surface area contributed by atoms with Crippen molar-refractivity contribution in [2.24, 2.45) is 0 Å². The summed E-state index contributed by atoms with van der Waals surface area (Å²) in [5, 5.41) is 0. The van der Waals surface area contributed by atoms with E-state index in [4.69, 9.17) is 4.74 Å². The quantitative estimate of drug-likeness (QED) is 0.439. The summed E-state index contributed by atoms with van der Waals surface area (Å²) in [6, 6.07) is 14.6. The minimum absolute atomic E-state index is 0.0166. The number of hydrogen-bond acceptors (Lipinski definition) is 6. The first kappa shape index (κ1) is 23.0. The normalized spacial score (nSPS) is 18.2. The molecule has 1 aliphatic heterocycles. The maximum atomic E-state index is 14.4. The van der Waals surface area contributed by atoms with Crippen molar-refractivity contribution in [3.05, 3.63) is 66.4 Å². The van der Waals surface area contributed by atoms with Gasteiger partial charge in [0.15, 0.2) is 15.7 Å². The van der Waals surface area contributed by atoms with Crippen molar-refractivity contribution in [2.45, 2.75) is 30.5 Å². The summed E-state index contributed by atoms with van der Waals surface area (Å²) in [5.41, 5.74) is 2.61. The number of H-pyrrole nitrogens is 1. The molecule has 0 bridgehead atoms. The second-order valence-electron chi connectivity index (χ2n) is 8.57. The number of fused-ring (bicyclic) bond motifs is 1. The number of benzene rings is 2. The second kappa shape index (κ2) is 8.77. The van der Waals surface area contributed by atoms with Gasteiger partial charge >= 0.3 is 0 Å². The van der Waals surface area contributed by atoms with Crippen LogP contribution in [-0.4, -0.2) is 53.1 Å². The summed E-state index contributed by atoms with van der Waals surface area (Å²) < 4.78 is 44.1. The number of halogens is 1. The van der Waals surface area contributed by atoms with Gasteiger partial charge in [0.2, 0.25) is 5.91 Å². The maximum Gasteiger partial charge on any atom is 0.220 e. The number of nitrogens with zero attached hydrogens (tertiary/aromatic N) is 3. The number of aromatic amines is 1. The van der Waals surface area contributed by atoms with Crippen molar-refractivity contribution in [2.75, 3.05) is 12.8 Å². The Balaban J connectivity index is 1.60. The maximum absolute atomic E-state index is 14.4. The number of pyridine rings is 1. The molecule has 8 nitrogen and oxygen atoms in total. The highest BCUT2D eigenvalue weighted by Crippen LogP contribution is 2.41. The summed E-state index contributed by atoms with van der Waals surface area (Å²) in [6.45, 7) is 1.44. The van der Waals surface area contributed by atoms with Crippen LogP contribution in [0.4, 0.5) is 4.39 Å². The van der Waals surface area contributed by atoms with Crippen molar-refractivity contribution in [1.29, 1.82) is 0 Å². The predicted molar refractivity (Wildman–Crippen MR) is 129 cm³/mol. The zero-order valence-electron chi connectivity index (χ0n) is 19.1. The highest BCUT2D eigenvalue weighted by molar-refractivity contribution is 7.90. The summed E-state index contributed by atoms with van der Waals surface area (Å²) in [5.74, 6) is 1.16. The van der Waals surface area contributed by atoms with Crippen LogP contribution in [0.2, 0.25) is 0 Å². The summed E-state index contributed by atoms with van der Waals surface area (Å²) in [4.78, 5) is 26.2. The van der Waals surface area contributed by atoms with E-state index in [1.807, 2.05) is 24.3 Å². The molecule has 1 saturated heterocycles. The number of aromatic nitrogens is 3. The van der Waals surface area contributed by atoms with Crippen LogP contribution in [-0.2, 0) is 14.6 Å². The lowest BCUT2D eigenvalue weighted by Gasteiger charge is -2.25. The molecule has 4 aromatic rings. The Hall–Kier alpha value is -3.79. The van der Waals surface area contributed by atoms with Crippen molar-refractivity contribution in [1.82, 2.24) is 19.9 Å². The molecule has 0 unspecified atom stereocenters. The van der Waals surface area contributed by atoms with Crippen LogP contribution in [0.15, 0.2) is 65.7 Å². The lowest BCUT2D eigenvalue weighted by molar-refractivity contribution is -0.129. The molecular formula is C25H23FN4O4S. The fourth-order valence-corrected chi connectivity index (χ4v) is 4.97. The zero-order chi connectivity index (χ0) is 24.7. The largest absolute Gasteiger partial charge is 0.457 e. The smallest absolute Gasteiger partial charge is 0.220 e. The van der Waals surface area contributed by atoms with Crippen LogP contribution in [0.1, 0.15) is 24.9 Å². The van der Waals surface area contributed by atoms with Gasteiger partial charge in [-0.2, -0.15) is 0 Å². The van der Waals surface area contributed by atoms with Gasteiger partial charge in [-0.1, -0.05) is 6.07 Å². The Morgan fingerprint density at radius 1 is 1.17 bits per heavy atom. The van der Waals surface area contributed by atoms with Crippen LogP contribution in [0, 0.1) is 0 Å². The molecule has 35 heavy (non-hydrogen) atoms. The number of alkyl halides is 1. The van der Waals surface area contributed by atoms with E-state index in [1.54, 1.807) is 24.4 Å².